The maximum atomic E-state index is 10.5. The van der Waals surface area contributed by atoms with Gasteiger partial charge in [-0.1, -0.05) is 83.5 Å². The largest absolute Gasteiger partial charge is 0.399 e. The summed E-state index contributed by atoms with van der Waals surface area (Å²) in [5.41, 5.74) is 4.98. The van der Waals surface area contributed by atoms with Gasteiger partial charge in [-0.05, 0) is 29.2 Å². The first-order valence-electron chi connectivity index (χ1n) is 11.3. The maximum Gasteiger partial charge on any atom is 0.117 e. The lowest BCUT2D eigenvalue weighted by Gasteiger charge is -2.40. The van der Waals surface area contributed by atoms with Gasteiger partial charge in [0.2, 0.25) is 0 Å². The molecule has 0 aromatic heterocycles. The summed E-state index contributed by atoms with van der Waals surface area (Å²) in [6, 6.07) is 22.9. The average molecular weight is 498 g/mol. The van der Waals surface area contributed by atoms with Crippen molar-refractivity contribution in [2.45, 2.75) is 36.9 Å². The Labute approximate surface area is 208 Å². The van der Waals surface area contributed by atoms with Crippen molar-refractivity contribution in [3.05, 3.63) is 106 Å². The first-order chi connectivity index (χ1) is 16.9. The third kappa shape index (κ3) is 5.56. The lowest BCUT2D eigenvalue weighted by atomic mass is 9.90. The number of oxime groups is 1. The molecule has 184 valence electrons. The molecule has 1 aliphatic heterocycles. The third-order valence-corrected chi connectivity index (χ3v) is 6.51. The molecule has 1 saturated heterocycles. The van der Waals surface area contributed by atoms with E-state index in [9.17, 15) is 20.4 Å². The normalized spacial score (nSPS) is 24.9. The number of aliphatic hydroxyl groups excluding tert-OH is 4. The fourth-order valence-electron chi connectivity index (χ4n) is 4.24. The molecular formula is C27H28ClNO6. The van der Waals surface area contributed by atoms with Crippen LogP contribution < -0.4 is 0 Å². The van der Waals surface area contributed by atoms with Crippen LogP contribution in [0.15, 0.2) is 78.0 Å². The second-order valence-electron chi connectivity index (χ2n) is 8.46. The summed E-state index contributed by atoms with van der Waals surface area (Å²) in [5, 5.41) is 44.9. The summed E-state index contributed by atoms with van der Waals surface area (Å²) in [7, 11) is 1.52. The highest BCUT2D eigenvalue weighted by molar-refractivity contribution is 6.31. The minimum absolute atomic E-state index is 0.481. The van der Waals surface area contributed by atoms with Crippen molar-refractivity contribution in [1.29, 1.82) is 0 Å². The van der Waals surface area contributed by atoms with E-state index in [1.807, 2.05) is 60.7 Å². The molecule has 1 heterocycles. The minimum atomic E-state index is -1.44. The van der Waals surface area contributed by atoms with Gasteiger partial charge in [-0.3, -0.25) is 0 Å². The second kappa shape index (κ2) is 11.3. The highest BCUT2D eigenvalue weighted by atomic mass is 35.5. The Balaban J connectivity index is 1.56. The summed E-state index contributed by atoms with van der Waals surface area (Å²) in [5.74, 6) is 0. The quantitative estimate of drug-likeness (QED) is 0.295. The molecule has 4 rings (SSSR count). The van der Waals surface area contributed by atoms with E-state index in [1.165, 1.54) is 7.11 Å². The number of benzene rings is 3. The summed E-state index contributed by atoms with van der Waals surface area (Å²) < 4.78 is 5.69. The van der Waals surface area contributed by atoms with Crippen molar-refractivity contribution in [2.75, 3.05) is 13.7 Å². The van der Waals surface area contributed by atoms with Crippen molar-refractivity contribution < 1.29 is 30.0 Å². The van der Waals surface area contributed by atoms with Crippen molar-refractivity contribution in [2.24, 2.45) is 5.16 Å². The monoisotopic (exact) mass is 497 g/mol. The molecular weight excluding hydrogens is 470 g/mol. The molecule has 0 aliphatic carbocycles. The topological polar surface area (TPSA) is 112 Å². The standard InChI is InChI=1S/C27H28ClNO6/c1-34-29-23(17-5-3-2-4-6-17)18-9-7-16(8-10-18)13-20-14-19(11-12-21(20)28)27-26(33)25(32)24(31)22(15-30)35-27/h2-12,14,22,24-27,30-33H,13,15H2,1H3/t22-,24-,25+,26-,27+/m1/s1. The summed E-state index contributed by atoms with van der Waals surface area (Å²) in [6.07, 6.45) is -5.56. The van der Waals surface area contributed by atoms with Crippen LogP contribution in [0, 0.1) is 0 Å². The molecule has 35 heavy (non-hydrogen) atoms. The van der Waals surface area contributed by atoms with Crippen LogP contribution in [-0.2, 0) is 16.0 Å². The molecule has 5 atom stereocenters. The Morgan fingerprint density at radius 3 is 2.26 bits per heavy atom. The SMILES string of the molecule is CON=C(c1ccccc1)c1ccc(Cc2cc([C@@H]3O[C@H](CO)[C@@H](O)[C@H](O)[C@H]3O)ccc2Cl)cc1. The number of aliphatic hydroxyl groups is 4. The Morgan fingerprint density at radius 2 is 1.60 bits per heavy atom. The molecule has 3 aromatic carbocycles. The van der Waals surface area contributed by atoms with Gasteiger partial charge in [0.15, 0.2) is 0 Å². The molecule has 1 fully saturated rings. The molecule has 3 aromatic rings. The van der Waals surface area contributed by atoms with E-state index in [2.05, 4.69) is 5.16 Å². The molecule has 4 N–H and O–H groups in total. The molecule has 1 aliphatic rings. The van der Waals surface area contributed by atoms with Crippen LogP contribution in [0.1, 0.15) is 33.9 Å². The summed E-state index contributed by atoms with van der Waals surface area (Å²) in [6.45, 7) is -0.481. The van der Waals surface area contributed by atoms with Gasteiger partial charge < -0.3 is 30.0 Å². The van der Waals surface area contributed by atoms with Crippen LogP contribution in [0.2, 0.25) is 5.02 Å². The average Bonchev–Trinajstić information content (AvgIpc) is 2.89. The molecule has 0 bridgehead atoms. The first-order valence-corrected chi connectivity index (χ1v) is 11.7. The van der Waals surface area contributed by atoms with E-state index < -0.39 is 37.1 Å². The number of rotatable bonds is 7. The van der Waals surface area contributed by atoms with Crippen molar-refractivity contribution in [3.8, 4) is 0 Å². The lowest BCUT2D eigenvalue weighted by Crippen LogP contribution is -2.55. The molecule has 0 spiro atoms. The van der Waals surface area contributed by atoms with Crippen LogP contribution in [0.4, 0.5) is 0 Å². The van der Waals surface area contributed by atoms with Crippen LogP contribution in [0.5, 0.6) is 0 Å². The van der Waals surface area contributed by atoms with E-state index in [-0.39, 0.29) is 0 Å². The van der Waals surface area contributed by atoms with E-state index in [0.717, 1.165) is 28.0 Å². The van der Waals surface area contributed by atoms with Gasteiger partial charge in [-0.25, -0.2) is 0 Å². The van der Waals surface area contributed by atoms with E-state index in [1.54, 1.807) is 12.1 Å². The highest BCUT2D eigenvalue weighted by Crippen LogP contribution is 2.34. The predicted molar refractivity (Wildman–Crippen MR) is 133 cm³/mol. The van der Waals surface area contributed by atoms with Crippen LogP contribution in [-0.4, -0.2) is 64.3 Å². The van der Waals surface area contributed by atoms with E-state index in [4.69, 9.17) is 21.2 Å². The smallest absolute Gasteiger partial charge is 0.117 e. The fourth-order valence-corrected chi connectivity index (χ4v) is 4.43. The zero-order chi connectivity index (χ0) is 24.9. The third-order valence-electron chi connectivity index (χ3n) is 6.14. The van der Waals surface area contributed by atoms with Gasteiger partial charge in [0, 0.05) is 16.1 Å². The molecule has 0 amide bonds. The number of hydrogen-bond donors (Lipinski definition) is 4. The summed E-state index contributed by atoms with van der Waals surface area (Å²) in [4.78, 5) is 5.05. The van der Waals surface area contributed by atoms with Crippen LogP contribution >= 0.6 is 11.6 Å². The molecule has 8 heteroatoms. The van der Waals surface area contributed by atoms with Gasteiger partial charge in [-0.15, -0.1) is 0 Å². The lowest BCUT2D eigenvalue weighted by molar-refractivity contribution is -0.231. The van der Waals surface area contributed by atoms with Gasteiger partial charge >= 0.3 is 0 Å². The Bertz CT molecular complexity index is 1150. The van der Waals surface area contributed by atoms with Crippen molar-refractivity contribution in [3.63, 3.8) is 0 Å². The Hall–Kier alpha value is -2.78. The number of hydrogen-bond acceptors (Lipinski definition) is 7. The van der Waals surface area contributed by atoms with Gasteiger partial charge in [0.25, 0.3) is 0 Å². The maximum absolute atomic E-state index is 10.5. The second-order valence-corrected chi connectivity index (χ2v) is 8.87. The minimum Gasteiger partial charge on any atom is -0.399 e. The van der Waals surface area contributed by atoms with E-state index in [0.29, 0.717) is 17.0 Å². The van der Waals surface area contributed by atoms with Gasteiger partial charge in [0.05, 0.1) is 6.61 Å². The zero-order valence-electron chi connectivity index (χ0n) is 19.2. The molecule has 0 saturated carbocycles. The Morgan fingerprint density at radius 1 is 0.914 bits per heavy atom. The number of nitrogens with zero attached hydrogens (tertiary/aromatic N) is 1. The Kier molecular flexibility index (Phi) is 8.18. The van der Waals surface area contributed by atoms with Gasteiger partial charge in [-0.2, -0.15) is 0 Å². The van der Waals surface area contributed by atoms with Crippen LogP contribution in [0.3, 0.4) is 0 Å². The first kappa shape index (κ1) is 25.3. The molecule has 0 radical (unpaired) electrons. The molecule has 0 unspecified atom stereocenters. The number of ether oxygens (including phenoxy) is 1. The summed E-state index contributed by atoms with van der Waals surface area (Å²) >= 11 is 6.46. The fraction of sp³-hybridized carbons (Fsp3) is 0.296. The van der Waals surface area contributed by atoms with Crippen molar-refractivity contribution >= 4 is 17.3 Å². The predicted octanol–water partition coefficient (Wildman–Crippen LogP) is 2.84. The van der Waals surface area contributed by atoms with Crippen LogP contribution in [0.25, 0.3) is 0 Å². The van der Waals surface area contributed by atoms with Gasteiger partial charge in [0.1, 0.15) is 43.3 Å². The highest BCUT2D eigenvalue weighted by Gasteiger charge is 2.44. The zero-order valence-corrected chi connectivity index (χ0v) is 19.9. The van der Waals surface area contributed by atoms with Crippen molar-refractivity contribution in [1.82, 2.24) is 0 Å². The molecule has 7 nitrogen and oxygen atoms in total. The number of halogens is 1. The van der Waals surface area contributed by atoms with E-state index >= 15 is 0 Å².